The molecule has 2 fully saturated rings. The number of amides is 2. The van der Waals surface area contributed by atoms with Gasteiger partial charge in [0, 0.05) is 12.5 Å². The monoisotopic (exact) mass is 240 g/mol. The summed E-state index contributed by atoms with van der Waals surface area (Å²) in [4.78, 5) is 33.7. The lowest BCUT2D eigenvalue weighted by molar-refractivity contribution is -0.142. The Balaban J connectivity index is 1.90. The molecule has 1 saturated carbocycles. The Morgan fingerprint density at radius 3 is 2.65 bits per heavy atom. The standard InChI is InChI=1S/C11H16N2O4/c14-9-5-4-8(12-9)10(15)13-7-3-1-2-6(7)11(16)17/h6-8H,1-5H2,(H,12,14)(H,13,15)(H,16,17)/t6?,7?,8-/m0/s1. The molecular formula is C11H16N2O4. The normalized spacial score (nSPS) is 32.2. The number of carbonyl (C=O) groups excluding carboxylic acids is 2. The van der Waals surface area contributed by atoms with E-state index in [1.807, 2.05) is 0 Å². The van der Waals surface area contributed by atoms with Crippen molar-refractivity contribution >= 4 is 17.8 Å². The fourth-order valence-corrected chi connectivity index (χ4v) is 2.52. The highest BCUT2D eigenvalue weighted by molar-refractivity contribution is 5.91. The van der Waals surface area contributed by atoms with Gasteiger partial charge in [0.1, 0.15) is 6.04 Å². The summed E-state index contributed by atoms with van der Waals surface area (Å²) in [5.74, 6) is -1.72. The predicted octanol–water partition coefficient (Wildman–Crippen LogP) is -0.365. The Hall–Kier alpha value is -1.59. The number of carbonyl (C=O) groups is 3. The van der Waals surface area contributed by atoms with Gasteiger partial charge in [0.25, 0.3) is 0 Å². The number of carboxylic acid groups (broad SMARTS) is 1. The van der Waals surface area contributed by atoms with E-state index < -0.39 is 17.9 Å². The zero-order valence-corrected chi connectivity index (χ0v) is 9.44. The summed E-state index contributed by atoms with van der Waals surface area (Å²) in [6, 6.07) is -0.782. The highest BCUT2D eigenvalue weighted by Gasteiger charge is 2.36. The average molecular weight is 240 g/mol. The maximum atomic E-state index is 11.8. The summed E-state index contributed by atoms with van der Waals surface area (Å²) >= 11 is 0. The van der Waals surface area contributed by atoms with Crippen LogP contribution in [0.5, 0.6) is 0 Å². The first-order valence-electron chi connectivity index (χ1n) is 5.90. The average Bonchev–Trinajstić information content (AvgIpc) is 2.86. The lowest BCUT2D eigenvalue weighted by Gasteiger charge is -2.19. The molecule has 2 amide bonds. The van der Waals surface area contributed by atoms with Crippen molar-refractivity contribution in [1.29, 1.82) is 0 Å². The maximum absolute atomic E-state index is 11.8. The second-order valence-electron chi connectivity index (χ2n) is 4.65. The zero-order valence-electron chi connectivity index (χ0n) is 9.44. The van der Waals surface area contributed by atoms with Crippen molar-refractivity contribution in [2.75, 3.05) is 0 Å². The third kappa shape index (κ3) is 2.57. The number of carboxylic acids is 1. The molecule has 1 heterocycles. The molecule has 3 atom stereocenters. The SMILES string of the molecule is O=C1CC[C@@H](C(=O)NC2CCCC2C(=O)O)N1. The van der Waals surface area contributed by atoms with Crippen LogP contribution in [0.1, 0.15) is 32.1 Å². The van der Waals surface area contributed by atoms with E-state index >= 15 is 0 Å². The molecule has 0 bridgehead atoms. The Labute approximate surface area is 98.8 Å². The minimum absolute atomic E-state index is 0.119. The lowest BCUT2D eigenvalue weighted by Crippen LogP contribution is -2.48. The first-order chi connectivity index (χ1) is 8.08. The molecule has 2 rings (SSSR count). The van der Waals surface area contributed by atoms with Crippen LogP contribution < -0.4 is 10.6 Å². The van der Waals surface area contributed by atoms with Gasteiger partial charge in [0.15, 0.2) is 0 Å². The number of nitrogens with one attached hydrogen (secondary N) is 2. The number of aliphatic carboxylic acids is 1. The molecule has 17 heavy (non-hydrogen) atoms. The zero-order chi connectivity index (χ0) is 12.4. The highest BCUT2D eigenvalue weighted by atomic mass is 16.4. The van der Waals surface area contributed by atoms with Gasteiger partial charge in [-0.25, -0.2) is 0 Å². The summed E-state index contributed by atoms with van der Waals surface area (Å²) in [7, 11) is 0. The van der Waals surface area contributed by atoms with Crippen molar-refractivity contribution in [2.24, 2.45) is 5.92 Å². The highest BCUT2D eigenvalue weighted by Crippen LogP contribution is 2.26. The predicted molar refractivity (Wildman–Crippen MR) is 58.1 cm³/mol. The van der Waals surface area contributed by atoms with Gasteiger partial charge in [-0.2, -0.15) is 0 Å². The molecule has 0 radical (unpaired) electrons. The minimum atomic E-state index is -0.858. The van der Waals surface area contributed by atoms with E-state index in [0.29, 0.717) is 25.7 Å². The molecule has 1 saturated heterocycles. The van der Waals surface area contributed by atoms with Gasteiger partial charge < -0.3 is 15.7 Å². The molecule has 0 spiro atoms. The largest absolute Gasteiger partial charge is 0.481 e. The first kappa shape index (κ1) is 11.9. The number of rotatable bonds is 3. The van der Waals surface area contributed by atoms with Gasteiger partial charge in [-0.05, 0) is 19.3 Å². The smallest absolute Gasteiger partial charge is 0.308 e. The molecule has 1 aliphatic carbocycles. The van der Waals surface area contributed by atoms with Crippen molar-refractivity contribution in [1.82, 2.24) is 10.6 Å². The van der Waals surface area contributed by atoms with Crippen LogP contribution >= 0.6 is 0 Å². The number of hydrogen-bond donors (Lipinski definition) is 3. The van der Waals surface area contributed by atoms with E-state index in [1.54, 1.807) is 0 Å². The van der Waals surface area contributed by atoms with Gasteiger partial charge >= 0.3 is 5.97 Å². The summed E-state index contributed by atoms with van der Waals surface area (Å²) < 4.78 is 0. The second-order valence-corrected chi connectivity index (χ2v) is 4.65. The summed E-state index contributed by atoms with van der Waals surface area (Å²) in [6.45, 7) is 0. The van der Waals surface area contributed by atoms with E-state index in [-0.39, 0.29) is 17.9 Å². The van der Waals surface area contributed by atoms with E-state index in [2.05, 4.69) is 10.6 Å². The Bertz CT molecular complexity index is 355. The molecular weight excluding hydrogens is 224 g/mol. The topological polar surface area (TPSA) is 95.5 Å². The molecule has 0 aromatic rings. The maximum Gasteiger partial charge on any atom is 0.308 e. The fraction of sp³-hybridized carbons (Fsp3) is 0.727. The van der Waals surface area contributed by atoms with Crippen LogP contribution in [0.2, 0.25) is 0 Å². The first-order valence-corrected chi connectivity index (χ1v) is 5.90. The van der Waals surface area contributed by atoms with Gasteiger partial charge in [-0.15, -0.1) is 0 Å². The molecule has 2 unspecified atom stereocenters. The van der Waals surface area contributed by atoms with Crippen molar-refractivity contribution in [2.45, 2.75) is 44.2 Å². The van der Waals surface area contributed by atoms with Gasteiger partial charge in [-0.1, -0.05) is 6.42 Å². The number of hydrogen-bond acceptors (Lipinski definition) is 3. The summed E-state index contributed by atoms with van der Waals surface area (Å²) in [5, 5.41) is 14.3. The van der Waals surface area contributed by atoms with Crippen molar-refractivity contribution in [3.05, 3.63) is 0 Å². The van der Waals surface area contributed by atoms with Crippen LogP contribution in [0.25, 0.3) is 0 Å². The van der Waals surface area contributed by atoms with Crippen molar-refractivity contribution in [3.8, 4) is 0 Å². The van der Waals surface area contributed by atoms with Crippen LogP contribution in [0.15, 0.2) is 0 Å². The lowest BCUT2D eigenvalue weighted by atomic mass is 10.0. The quantitative estimate of drug-likeness (QED) is 0.627. The van der Waals surface area contributed by atoms with Crippen LogP contribution in [0.3, 0.4) is 0 Å². The molecule has 1 aliphatic heterocycles. The van der Waals surface area contributed by atoms with E-state index in [4.69, 9.17) is 5.11 Å². The summed E-state index contributed by atoms with van der Waals surface area (Å²) in [5.41, 5.74) is 0. The van der Waals surface area contributed by atoms with Gasteiger partial charge in [-0.3, -0.25) is 14.4 Å². The fourth-order valence-electron chi connectivity index (χ4n) is 2.52. The second kappa shape index (κ2) is 4.73. The minimum Gasteiger partial charge on any atom is -0.481 e. The Morgan fingerprint density at radius 1 is 1.29 bits per heavy atom. The Morgan fingerprint density at radius 2 is 2.06 bits per heavy atom. The van der Waals surface area contributed by atoms with Crippen LogP contribution in [0.4, 0.5) is 0 Å². The molecule has 0 aromatic heterocycles. The summed E-state index contributed by atoms with van der Waals surface area (Å²) in [6.07, 6.45) is 2.99. The van der Waals surface area contributed by atoms with Crippen LogP contribution in [-0.2, 0) is 14.4 Å². The van der Waals surface area contributed by atoms with Crippen molar-refractivity contribution < 1.29 is 19.5 Å². The molecule has 6 heteroatoms. The van der Waals surface area contributed by atoms with E-state index in [9.17, 15) is 14.4 Å². The third-order valence-corrected chi connectivity index (χ3v) is 3.47. The van der Waals surface area contributed by atoms with Crippen molar-refractivity contribution in [3.63, 3.8) is 0 Å². The van der Waals surface area contributed by atoms with Crippen LogP contribution in [-0.4, -0.2) is 35.0 Å². The van der Waals surface area contributed by atoms with Gasteiger partial charge in [0.2, 0.25) is 11.8 Å². The van der Waals surface area contributed by atoms with E-state index in [1.165, 1.54) is 0 Å². The third-order valence-electron chi connectivity index (χ3n) is 3.47. The van der Waals surface area contributed by atoms with Crippen LogP contribution in [0, 0.1) is 5.92 Å². The Kier molecular flexibility index (Phi) is 3.31. The molecule has 0 aromatic carbocycles. The molecule has 3 N–H and O–H groups in total. The van der Waals surface area contributed by atoms with Gasteiger partial charge in [0.05, 0.1) is 5.92 Å². The van der Waals surface area contributed by atoms with E-state index in [0.717, 1.165) is 6.42 Å². The molecule has 2 aliphatic rings. The molecule has 94 valence electrons. The molecule has 6 nitrogen and oxygen atoms in total.